The third-order valence-electron chi connectivity index (χ3n) is 2.68. The van der Waals surface area contributed by atoms with Crippen LogP contribution in [0.1, 0.15) is 24.2 Å². The number of halogens is 1. The first kappa shape index (κ1) is 18.1. The molecule has 1 amide bonds. The molecule has 0 bridgehead atoms. The summed E-state index contributed by atoms with van der Waals surface area (Å²) >= 11 is 0. The molecule has 0 radical (unpaired) electrons. The first-order valence-electron chi connectivity index (χ1n) is 7.27. The van der Waals surface area contributed by atoms with Crippen molar-refractivity contribution in [2.45, 2.75) is 13.8 Å². The summed E-state index contributed by atoms with van der Waals surface area (Å²) in [5.74, 6) is -0.429. The van der Waals surface area contributed by atoms with Crippen molar-refractivity contribution in [2.24, 2.45) is 10.9 Å². The number of nitrogens with one attached hydrogen (secondary N) is 1. The molecule has 122 valence electrons. The Morgan fingerprint density at radius 2 is 1.95 bits per heavy atom. The van der Waals surface area contributed by atoms with Crippen molar-refractivity contribution >= 4 is 11.9 Å². The predicted octanol–water partition coefficient (Wildman–Crippen LogP) is 2.15. The van der Waals surface area contributed by atoms with Crippen molar-refractivity contribution < 1.29 is 13.9 Å². The van der Waals surface area contributed by atoms with E-state index >= 15 is 0 Å². The van der Waals surface area contributed by atoms with Crippen molar-refractivity contribution in [1.82, 2.24) is 10.2 Å². The van der Waals surface area contributed by atoms with Crippen LogP contribution < -0.4 is 5.32 Å². The van der Waals surface area contributed by atoms with Gasteiger partial charge in [-0.15, -0.1) is 0 Å². The molecule has 0 aromatic heterocycles. The van der Waals surface area contributed by atoms with Gasteiger partial charge in [-0.25, -0.2) is 9.38 Å². The van der Waals surface area contributed by atoms with Crippen LogP contribution >= 0.6 is 0 Å². The molecular formula is C16H24FN3O2. The largest absolute Gasteiger partial charge is 0.465 e. The molecule has 0 aliphatic carbocycles. The van der Waals surface area contributed by atoms with E-state index in [9.17, 15) is 9.18 Å². The lowest BCUT2D eigenvalue weighted by Gasteiger charge is -2.13. The summed E-state index contributed by atoms with van der Waals surface area (Å²) < 4.78 is 18.4. The molecule has 6 heteroatoms. The van der Waals surface area contributed by atoms with Crippen molar-refractivity contribution in [2.75, 3.05) is 33.8 Å². The van der Waals surface area contributed by atoms with Gasteiger partial charge in [-0.3, -0.25) is 10.1 Å². The zero-order valence-corrected chi connectivity index (χ0v) is 13.6. The summed E-state index contributed by atoms with van der Waals surface area (Å²) in [6, 6.07) is 5.53. The second kappa shape index (κ2) is 9.15. The third kappa shape index (κ3) is 7.17. The zero-order chi connectivity index (χ0) is 16.5. The number of carbonyl (C=O) groups is 1. The third-order valence-corrected chi connectivity index (χ3v) is 2.68. The minimum atomic E-state index is -0.382. The van der Waals surface area contributed by atoms with Crippen LogP contribution in [0.15, 0.2) is 29.3 Å². The molecule has 0 saturated carbocycles. The summed E-state index contributed by atoms with van der Waals surface area (Å²) in [6.07, 6.45) is 0. The van der Waals surface area contributed by atoms with Crippen molar-refractivity contribution in [3.8, 4) is 0 Å². The first-order chi connectivity index (χ1) is 10.4. The number of ether oxygens (including phenoxy) is 1. The molecule has 0 saturated heterocycles. The molecule has 0 unspecified atom stereocenters. The maximum atomic E-state index is 12.9. The van der Waals surface area contributed by atoms with E-state index in [4.69, 9.17) is 4.74 Å². The standard InChI is InChI=1S/C16H24FN3O2/c1-12(2)11-22-16(18-9-10-20(3)4)19-15(21)13-5-7-14(17)8-6-13/h5-8,12H,9-11H2,1-4H3,(H,18,19,21). The number of rotatable bonds is 6. The molecule has 22 heavy (non-hydrogen) atoms. The van der Waals surface area contributed by atoms with Crippen LogP contribution in [0.3, 0.4) is 0 Å². The highest BCUT2D eigenvalue weighted by Crippen LogP contribution is 2.03. The van der Waals surface area contributed by atoms with Gasteiger partial charge >= 0.3 is 0 Å². The quantitative estimate of drug-likeness (QED) is 0.647. The van der Waals surface area contributed by atoms with Crippen molar-refractivity contribution in [3.05, 3.63) is 35.6 Å². The minimum Gasteiger partial charge on any atom is -0.465 e. The van der Waals surface area contributed by atoms with E-state index in [0.717, 1.165) is 6.54 Å². The lowest BCUT2D eigenvalue weighted by Crippen LogP contribution is -2.34. The number of aliphatic imine (C=N–C) groups is 1. The van der Waals surface area contributed by atoms with Crippen LogP contribution in [-0.2, 0) is 4.74 Å². The van der Waals surface area contributed by atoms with Crippen LogP contribution in [-0.4, -0.2) is 50.6 Å². The smallest absolute Gasteiger partial charge is 0.291 e. The number of amides is 1. The summed E-state index contributed by atoms with van der Waals surface area (Å²) in [5.41, 5.74) is 0.356. The van der Waals surface area contributed by atoms with E-state index in [1.54, 1.807) is 0 Å². The fraction of sp³-hybridized carbons (Fsp3) is 0.500. The van der Waals surface area contributed by atoms with Crippen LogP contribution in [0.5, 0.6) is 0 Å². The highest BCUT2D eigenvalue weighted by atomic mass is 19.1. The zero-order valence-electron chi connectivity index (χ0n) is 13.6. The Labute approximate surface area is 131 Å². The van der Waals surface area contributed by atoms with Crippen LogP contribution in [0.2, 0.25) is 0 Å². The van der Waals surface area contributed by atoms with Crippen LogP contribution in [0.25, 0.3) is 0 Å². The summed E-state index contributed by atoms with van der Waals surface area (Å²) in [6.45, 7) is 5.76. The van der Waals surface area contributed by atoms with E-state index in [0.29, 0.717) is 24.6 Å². The lowest BCUT2D eigenvalue weighted by molar-refractivity contribution is 0.0963. The maximum absolute atomic E-state index is 12.9. The highest BCUT2D eigenvalue weighted by molar-refractivity contribution is 6.04. The van der Waals surface area contributed by atoms with Crippen LogP contribution in [0.4, 0.5) is 4.39 Å². The summed E-state index contributed by atoms with van der Waals surface area (Å²) in [4.78, 5) is 18.4. The van der Waals surface area contributed by atoms with Crippen molar-refractivity contribution in [1.29, 1.82) is 0 Å². The van der Waals surface area contributed by atoms with E-state index in [-0.39, 0.29) is 17.7 Å². The number of nitrogens with zero attached hydrogens (tertiary/aromatic N) is 2. The Bertz CT molecular complexity index is 499. The lowest BCUT2D eigenvalue weighted by atomic mass is 10.2. The fourth-order valence-corrected chi connectivity index (χ4v) is 1.49. The number of benzene rings is 1. The average molecular weight is 309 g/mol. The fourth-order valence-electron chi connectivity index (χ4n) is 1.49. The van der Waals surface area contributed by atoms with Gasteiger partial charge in [0.15, 0.2) is 0 Å². The first-order valence-corrected chi connectivity index (χ1v) is 7.27. The summed E-state index contributed by atoms with van der Waals surface area (Å²) in [7, 11) is 3.89. The van der Waals surface area contributed by atoms with Gasteiger partial charge in [0.25, 0.3) is 11.9 Å². The Morgan fingerprint density at radius 3 is 2.50 bits per heavy atom. The van der Waals surface area contributed by atoms with Gasteiger partial charge in [-0.1, -0.05) is 13.8 Å². The number of amidine groups is 1. The van der Waals surface area contributed by atoms with E-state index in [1.165, 1.54) is 24.3 Å². The van der Waals surface area contributed by atoms with Crippen LogP contribution in [0, 0.1) is 11.7 Å². The topological polar surface area (TPSA) is 53.9 Å². The Morgan fingerprint density at radius 1 is 1.32 bits per heavy atom. The predicted molar refractivity (Wildman–Crippen MR) is 85.5 cm³/mol. The second-order valence-corrected chi connectivity index (χ2v) is 5.66. The molecule has 0 aliphatic heterocycles. The molecular weight excluding hydrogens is 285 g/mol. The van der Waals surface area contributed by atoms with Gasteiger partial charge < -0.3 is 9.64 Å². The molecule has 1 aromatic carbocycles. The van der Waals surface area contributed by atoms with Gasteiger partial charge in [0.1, 0.15) is 5.82 Å². The number of hydrogen-bond donors (Lipinski definition) is 1. The molecule has 0 atom stereocenters. The molecule has 0 aliphatic rings. The second-order valence-electron chi connectivity index (χ2n) is 5.66. The summed E-state index contributed by atoms with van der Waals surface area (Å²) in [5, 5.41) is 2.63. The Balaban J connectivity index is 2.69. The molecule has 5 nitrogen and oxygen atoms in total. The number of hydrogen-bond acceptors (Lipinski definition) is 4. The molecule has 0 spiro atoms. The molecule has 0 heterocycles. The van der Waals surface area contributed by atoms with Gasteiger partial charge in [0, 0.05) is 12.1 Å². The molecule has 1 rings (SSSR count). The number of carbonyl (C=O) groups excluding carboxylic acids is 1. The molecule has 1 N–H and O–H groups in total. The van der Waals surface area contributed by atoms with E-state index in [2.05, 4.69) is 10.3 Å². The van der Waals surface area contributed by atoms with Crippen molar-refractivity contribution in [3.63, 3.8) is 0 Å². The van der Waals surface area contributed by atoms with Gasteiger partial charge in [-0.2, -0.15) is 0 Å². The maximum Gasteiger partial charge on any atom is 0.291 e. The van der Waals surface area contributed by atoms with Gasteiger partial charge in [0.2, 0.25) is 0 Å². The molecule has 1 aromatic rings. The van der Waals surface area contributed by atoms with E-state index in [1.807, 2.05) is 32.8 Å². The monoisotopic (exact) mass is 309 g/mol. The number of likely N-dealkylation sites (N-methyl/N-ethyl adjacent to an activating group) is 1. The highest BCUT2D eigenvalue weighted by Gasteiger charge is 2.10. The normalized spacial score (nSPS) is 11.9. The molecule has 0 fully saturated rings. The van der Waals surface area contributed by atoms with Gasteiger partial charge in [0.05, 0.1) is 13.2 Å². The Kier molecular flexibility index (Phi) is 7.52. The minimum absolute atomic E-state index is 0.199. The SMILES string of the molecule is CC(C)COC(=NCCN(C)C)NC(=O)c1ccc(F)cc1. The van der Waals surface area contributed by atoms with E-state index < -0.39 is 0 Å². The van der Waals surface area contributed by atoms with Gasteiger partial charge in [-0.05, 0) is 44.3 Å². The Hall–Kier alpha value is -1.95. The average Bonchev–Trinajstić information content (AvgIpc) is 2.44.